The zero-order valence-electron chi connectivity index (χ0n) is 33.3. The van der Waals surface area contributed by atoms with E-state index in [1.807, 2.05) is 18.2 Å². The summed E-state index contributed by atoms with van der Waals surface area (Å²) < 4.78 is 6.63. The second-order valence-electron chi connectivity index (χ2n) is 16.6. The van der Waals surface area contributed by atoms with Crippen LogP contribution in [-0.2, 0) is 5.41 Å². The molecule has 0 bridgehead atoms. The first-order valence-electron chi connectivity index (χ1n) is 20.6. The molecule has 2 aromatic heterocycles. The minimum Gasteiger partial charge on any atom is -0.455 e. The number of nitrogens with zero attached hydrogens (tertiary/aromatic N) is 2. The van der Waals surface area contributed by atoms with E-state index in [0.717, 1.165) is 66.7 Å². The lowest BCUT2D eigenvalue weighted by Gasteiger charge is -2.22. The SMILES string of the molecule is CC1(C)c2cc(-c3cc(-c4cc(-c5cccc6ccccc56)cc(-c5cccc6c5oc5ccccc56)c4)nc(-c4ccccc4)n3)ccc2-c2cc3ccccc3cc21. The van der Waals surface area contributed by atoms with Crippen LogP contribution in [-0.4, -0.2) is 9.97 Å². The highest BCUT2D eigenvalue weighted by molar-refractivity contribution is 6.10. The molecular formula is C57H38N2O. The smallest absolute Gasteiger partial charge is 0.160 e. The van der Waals surface area contributed by atoms with E-state index in [2.05, 4.69) is 190 Å². The molecule has 60 heavy (non-hydrogen) atoms. The normalized spacial score (nSPS) is 13.0. The molecule has 0 saturated heterocycles. The summed E-state index contributed by atoms with van der Waals surface area (Å²) in [4.78, 5) is 10.7. The van der Waals surface area contributed by atoms with E-state index >= 15 is 0 Å². The van der Waals surface area contributed by atoms with E-state index in [9.17, 15) is 0 Å². The molecule has 0 unspecified atom stereocenters. The van der Waals surface area contributed by atoms with Crippen LogP contribution in [0.5, 0.6) is 0 Å². The number of rotatable bonds is 5. The molecular weight excluding hydrogens is 729 g/mol. The zero-order valence-corrected chi connectivity index (χ0v) is 33.3. The lowest BCUT2D eigenvalue weighted by atomic mass is 9.81. The Bertz CT molecular complexity index is 3520. The van der Waals surface area contributed by atoms with Crippen LogP contribution in [0, 0.1) is 0 Å². The van der Waals surface area contributed by atoms with Gasteiger partial charge in [0.2, 0.25) is 0 Å². The van der Waals surface area contributed by atoms with Crippen molar-refractivity contribution >= 4 is 43.5 Å². The van der Waals surface area contributed by atoms with Crippen LogP contribution in [0.15, 0.2) is 199 Å². The number of para-hydroxylation sites is 2. The molecule has 0 amide bonds. The monoisotopic (exact) mass is 766 g/mol. The van der Waals surface area contributed by atoms with Crippen molar-refractivity contribution in [3.8, 4) is 67.3 Å². The fraction of sp³-hybridized carbons (Fsp3) is 0.0526. The Balaban J connectivity index is 1.08. The molecule has 1 aliphatic carbocycles. The van der Waals surface area contributed by atoms with Crippen molar-refractivity contribution in [3.63, 3.8) is 0 Å². The summed E-state index contributed by atoms with van der Waals surface area (Å²) in [6.07, 6.45) is 0. The standard InChI is InChI=1S/C57H38N2O/c1-57(2)50-33-39(26-27-46(50)49-31-37-17-6-7-18-38(37)32-51(49)57)52-34-53(59-56(58-52)36-15-4-3-5-16-36)42-29-40(44-22-12-19-35-14-8-9-20-43(35)44)28-41(30-42)45-23-13-24-48-47-21-10-11-25-54(47)60-55(45)48/h3-34H,1-2H3. The third-order valence-electron chi connectivity index (χ3n) is 12.6. The average Bonchev–Trinajstić information content (AvgIpc) is 3.79. The lowest BCUT2D eigenvalue weighted by Crippen LogP contribution is -2.15. The summed E-state index contributed by atoms with van der Waals surface area (Å²) in [5, 5.41) is 7.15. The second-order valence-corrected chi connectivity index (χ2v) is 16.6. The van der Waals surface area contributed by atoms with E-state index in [4.69, 9.17) is 14.4 Å². The van der Waals surface area contributed by atoms with Gasteiger partial charge in [0.1, 0.15) is 11.2 Å². The van der Waals surface area contributed by atoms with Crippen LogP contribution < -0.4 is 0 Å². The van der Waals surface area contributed by atoms with E-state index in [0.29, 0.717) is 5.82 Å². The lowest BCUT2D eigenvalue weighted by molar-refractivity contribution is 0.661. The van der Waals surface area contributed by atoms with Crippen LogP contribution in [0.1, 0.15) is 25.0 Å². The Labute approximate surface area is 348 Å². The largest absolute Gasteiger partial charge is 0.455 e. The van der Waals surface area contributed by atoms with Crippen molar-refractivity contribution in [2.75, 3.05) is 0 Å². The molecule has 9 aromatic carbocycles. The van der Waals surface area contributed by atoms with Gasteiger partial charge in [0.25, 0.3) is 0 Å². The van der Waals surface area contributed by atoms with Gasteiger partial charge in [0.05, 0.1) is 11.4 Å². The second kappa shape index (κ2) is 13.2. The molecule has 0 radical (unpaired) electrons. The molecule has 3 heteroatoms. The van der Waals surface area contributed by atoms with Crippen molar-refractivity contribution in [1.82, 2.24) is 9.97 Å². The Hall–Kier alpha value is -7.62. The highest BCUT2D eigenvalue weighted by Gasteiger charge is 2.36. The van der Waals surface area contributed by atoms with Gasteiger partial charge >= 0.3 is 0 Å². The van der Waals surface area contributed by atoms with Crippen molar-refractivity contribution in [1.29, 1.82) is 0 Å². The summed E-state index contributed by atoms with van der Waals surface area (Å²) >= 11 is 0. The molecule has 2 heterocycles. The van der Waals surface area contributed by atoms with Crippen molar-refractivity contribution < 1.29 is 4.42 Å². The van der Waals surface area contributed by atoms with Gasteiger partial charge in [-0.05, 0) is 109 Å². The maximum Gasteiger partial charge on any atom is 0.160 e. The Kier molecular flexibility index (Phi) is 7.58. The number of fused-ring (bicyclic) bond motifs is 8. The number of hydrogen-bond donors (Lipinski definition) is 0. The third kappa shape index (κ3) is 5.43. The number of furan rings is 1. The Morgan fingerprint density at radius 2 is 0.967 bits per heavy atom. The van der Waals surface area contributed by atoms with Crippen molar-refractivity contribution in [2.24, 2.45) is 0 Å². The van der Waals surface area contributed by atoms with Crippen LogP contribution in [0.2, 0.25) is 0 Å². The van der Waals surface area contributed by atoms with Crippen LogP contribution in [0.4, 0.5) is 0 Å². The van der Waals surface area contributed by atoms with E-state index in [1.54, 1.807) is 0 Å². The molecule has 0 aliphatic heterocycles. The number of benzene rings is 9. The summed E-state index contributed by atoms with van der Waals surface area (Å²) in [5.41, 5.74) is 16.0. The third-order valence-corrected chi connectivity index (χ3v) is 12.6. The minimum atomic E-state index is -0.178. The van der Waals surface area contributed by atoms with Crippen LogP contribution in [0.25, 0.3) is 111 Å². The van der Waals surface area contributed by atoms with Gasteiger partial charge in [-0.2, -0.15) is 0 Å². The van der Waals surface area contributed by atoms with E-state index < -0.39 is 0 Å². The zero-order chi connectivity index (χ0) is 40.0. The summed E-state index contributed by atoms with van der Waals surface area (Å²) in [6.45, 7) is 4.69. The van der Waals surface area contributed by atoms with E-state index in [-0.39, 0.29) is 5.41 Å². The fourth-order valence-corrected chi connectivity index (χ4v) is 9.58. The van der Waals surface area contributed by atoms with E-state index in [1.165, 1.54) is 49.4 Å². The number of aromatic nitrogens is 2. The summed E-state index contributed by atoms with van der Waals surface area (Å²) in [6, 6.07) is 69.6. The quantitative estimate of drug-likeness (QED) is 0.175. The first-order valence-corrected chi connectivity index (χ1v) is 20.6. The summed E-state index contributed by atoms with van der Waals surface area (Å²) in [5.74, 6) is 0.689. The topological polar surface area (TPSA) is 38.9 Å². The average molecular weight is 767 g/mol. The molecule has 0 saturated carbocycles. The Morgan fingerprint density at radius 1 is 0.367 bits per heavy atom. The first-order chi connectivity index (χ1) is 29.5. The molecule has 1 aliphatic rings. The molecule has 3 nitrogen and oxygen atoms in total. The highest BCUT2D eigenvalue weighted by Crippen LogP contribution is 2.51. The Morgan fingerprint density at radius 3 is 1.80 bits per heavy atom. The maximum atomic E-state index is 6.63. The predicted molar refractivity (Wildman–Crippen MR) is 249 cm³/mol. The predicted octanol–water partition coefficient (Wildman–Crippen LogP) is 15.3. The molecule has 0 fully saturated rings. The summed E-state index contributed by atoms with van der Waals surface area (Å²) in [7, 11) is 0. The number of hydrogen-bond acceptors (Lipinski definition) is 3. The van der Waals surface area contributed by atoms with Gasteiger partial charge < -0.3 is 4.42 Å². The van der Waals surface area contributed by atoms with Gasteiger partial charge in [-0.15, -0.1) is 0 Å². The first kappa shape index (κ1) is 34.4. The van der Waals surface area contributed by atoms with Gasteiger partial charge in [-0.1, -0.05) is 159 Å². The van der Waals surface area contributed by atoms with Gasteiger partial charge in [-0.3, -0.25) is 0 Å². The highest BCUT2D eigenvalue weighted by atomic mass is 16.3. The van der Waals surface area contributed by atoms with Gasteiger partial charge in [-0.25, -0.2) is 9.97 Å². The van der Waals surface area contributed by atoms with Crippen LogP contribution in [0.3, 0.4) is 0 Å². The van der Waals surface area contributed by atoms with Gasteiger partial charge in [0, 0.05) is 38.4 Å². The van der Waals surface area contributed by atoms with Crippen molar-refractivity contribution in [2.45, 2.75) is 19.3 Å². The maximum absolute atomic E-state index is 6.63. The molecule has 11 aromatic rings. The molecule has 0 N–H and O–H groups in total. The molecule has 12 rings (SSSR count). The molecule has 282 valence electrons. The molecule has 0 spiro atoms. The fourth-order valence-electron chi connectivity index (χ4n) is 9.58. The van der Waals surface area contributed by atoms with Gasteiger partial charge in [0.15, 0.2) is 5.82 Å². The molecule has 0 atom stereocenters. The minimum absolute atomic E-state index is 0.178. The van der Waals surface area contributed by atoms with Crippen molar-refractivity contribution in [3.05, 3.63) is 205 Å². The van der Waals surface area contributed by atoms with Crippen LogP contribution >= 0.6 is 0 Å².